The molecule has 2 heteroatoms. The van der Waals surface area contributed by atoms with E-state index in [9.17, 15) is 0 Å². The molecule has 0 heterocycles. The lowest BCUT2D eigenvalue weighted by molar-refractivity contribution is 0.563. The minimum absolute atomic E-state index is 0.182. The van der Waals surface area contributed by atoms with Gasteiger partial charge in [-0.1, -0.05) is 184 Å². The van der Waals surface area contributed by atoms with E-state index in [0.717, 1.165) is 34.1 Å². The summed E-state index contributed by atoms with van der Waals surface area (Å²) in [6, 6.07) is 85.4. The average molecular weight is 793 g/mol. The number of para-hydroxylation sites is 2. The molecule has 0 unspecified atom stereocenters. The summed E-state index contributed by atoms with van der Waals surface area (Å²) in [5, 5.41) is 4.86. The van der Waals surface area contributed by atoms with Gasteiger partial charge in [-0.05, 0) is 116 Å². The van der Waals surface area contributed by atoms with Crippen LogP contribution in [-0.4, -0.2) is 0 Å². The standard InChI is InChI=1S/C60H44N2/c1-59(2)53-29-13-15-31-55(53)60(56-32-16-14-30-54(56)59)51-37-35-45(61(43-23-5-3-6-24-43)57-33-17-21-41-19-9-11-27-47(41)57)39-49(51)50-40-46(36-38-52(50)60)62(44-25-7-4-8-26-44)58-34-18-22-42-20-10-12-28-48(42)58/h3-40H,1-2H3. The highest BCUT2D eigenvalue weighted by Gasteiger charge is 2.53. The van der Waals surface area contributed by atoms with Crippen LogP contribution in [-0.2, 0) is 10.8 Å². The molecule has 2 aliphatic rings. The molecule has 62 heavy (non-hydrogen) atoms. The lowest BCUT2D eigenvalue weighted by atomic mass is 9.55. The Hall–Kier alpha value is -7.68. The molecular weight excluding hydrogens is 749 g/mol. The molecule has 2 nitrogen and oxygen atoms in total. The molecule has 10 aromatic carbocycles. The summed E-state index contributed by atoms with van der Waals surface area (Å²) in [6.07, 6.45) is 0. The van der Waals surface area contributed by atoms with Gasteiger partial charge in [0, 0.05) is 38.9 Å². The fraction of sp³-hybridized carbons (Fsp3) is 0.0667. The van der Waals surface area contributed by atoms with Gasteiger partial charge in [0.15, 0.2) is 0 Å². The maximum atomic E-state index is 2.47. The first kappa shape index (κ1) is 36.2. The van der Waals surface area contributed by atoms with Gasteiger partial charge >= 0.3 is 0 Å². The molecule has 2 aliphatic carbocycles. The topological polar surface area (TPSA) is 6.48 Å². The maximum Gasteiger partial charge on any atom is 0.0719 e. The SMILES string of the molecule is CC1(C)c2ccccc2C2(c3ccc(N(c4ccccc4)c4cccc5ccccc45)cc3-c3cc(N(c4ccccc4)c4cccc5ccccc45)ccc32)c2ccccc21. The molecule has 0 bridgehead atoms. The molecule has 12 rings (SSSR count). The molecule has 1 spiro atoms. The number of nitrogens with zero attached hydrogens (tertiary/aromatic N) is 2. The maximum absolute atomic E-state index is 2.47. The van der Waals surface area contributed by atoms with Gasteiger partial charge in [-0.15, -0.1) is 0 Å². The molecular formula is C60H44N2. The van der Waals surface area contributed by atoms with Gasteiger partial charge < -0.3 is 9.80 Å². The highest BCUT2D eigenvalue weighted by molar-refractivity contribution is 6.02. The van der Waals surface area contributed by atoms with Crippen molar-refractivity contribution in [3.8, 4) is 11.1 Å². The summed E-state index contributed by atoms with van der Waals surface area (Å²) < 4.78 is 0. The number of fused-ring (bicyclic) bond motifs is 11. The Kier molecular flexibility index (Phi) is 8.14. The second-order valence-electron chi connectivity index (χ2n) is 17.3. The van der Waals surface area contributed by atoms with Gasteiger partial charge in [-0.3, -0.25) is 0 Å². The molecule has 294 valence electrons. The van der Waals surface area contributed by atoms with Crippen LogP contribution >= 0.6 is 0 Å². The van der Waals surface area contributed by atoms with E-state index in [1.165, 1.54) is 66.1 Å². The first-order valence-corrected chi connectivity index (χ1v) is 21.7. The molecule has 10 aromatic rings. The van der Waals surface area contributed by atoms with Crippen LogP contribution in [0.3, 0.4) is 0 Å². The fourth-order valence-electron chi connectivity index (χ4n) is 11.0. The fourth-order valence-corrected chi connectivity index (χ4v) is 11.0. The second-order valence-corrected chi connectivity index (χ2v) is 17.3. The van der Waals surface area contributed by atoms with Gasteiger partial charge in [0.2, 0.25) is 0 Å². The number of benzene rings is 10. The molecule has 0 atom stereocenters. The first-order chi connectivity index (χ1) is 30.5. The largest absolute Gasteiger partial charge is 0.310 e. The number of hydrogen-bond acceptors (Lipinski definition) is 2. The Morgan fingerprint density at radius 1 is 0.290 bits per heavy atom. The molecule has 0 aliphatic heterocycles. The Morgan fingerprint density at radius 3 is 1.11 bits per heavy atom. The van der Waals surface area contributed by atoms with Crippen LogP contribution in [0.15, 0.2) is 231 Å². The summed E-state index contributed by atoms with van der Waals surface area (Å²) in [5.74, 6) is 0. The minimum Gasteiger partial charge on any atom is -0.310 e. The third-order valence-electron chi connectivity index (χ3n) is 13.7. The molecule has 0 N–H and O–H groups in total. The summed E-state index contributed by atoms with van der Waals surface area (Å²) in [6.45, 7) is 4.79. The van der Waals surface area contributed by atoms with Crippen molar-refractivity contribution < 1.29 is 0 Å². The van der Waals surface area contributed by atoms with Crippen molar-refractivity contribution >= 4 is 55.7 Å². The molecule has 0 saturated heterocycles. The van der Waals surface area contributed by atoms with Gasteiger partial charge in [0.1, 0.15) is 0 Å². The van der Waals surface area contributed by atoms with Gasteiger partial charge in [-0.25, -0.2) is 0 Å². The monoisotopic (exact) mass is 792 g/mol. The average Bonchev–Trinajstić information content (AvgIpc) is 3.61. The van der Waals surface area contributed by atoms with E-state index in [2.05, 4.69) is 254 Å². The lowest BCUT2D eigenvalue weighted by Gasteiger charge is -2.46. The van der Waals surface area contributed by atoms with Crippen molar-refractivity contribution in [3.05, 3.63) is 264 Å². The van der Waals surface area contributed by atoms with E-state index < -0.39 is 5.41 Å². The van der Waals surface area contributed by atoms with Gasteiger partial charge in [-0.2, -0.15) is 0 Å². The Bertz CT molecular complexity index is 3110. The van der Waals surface area contributed by atoms with Crippen LogP contribution < -0.4 is 9.80 Å². The summed E-state index contributed by atoms with van der Waals surface area (Å²) >= 11 is 0. The van der Waals surface area contributed by atoms with Gasteiger partial charge in [0.25, 0.3) is 0 Å². The van der Waals surface area contributed by atoms with E-state index in [4.69, 9.17) is 0 Å². The normalized spacial score (nSPS) is 13.9. The zero-order valence-electron chi connectivity index (χ0n) is 34.8. The van der Waals surface area contributed by atoms with Crippen LogP contribution in [0.4, 0.5) is 34.1 Å². The lowest BCUT2D eigenvalue weighted by Crippen LogP contribution is -2.40. The van der Waals surface area contributed by atoms with Gasteiger partial charge in [0.05, 0.1) is 16.8 Å². The quantitative estimate of drug-likeness (QED) is 0.165. The van der Waals surface area contributed by atoms with Crippen LogP contribution in [0.2, 0.25) is 0 Å². The van der Waals surface area contributed by atoms with Crippen LogP contribution in [0.5, 0.6) is 0 Å². The van der Waals surface area contributed by atoms with Crippen molar-refractivity contribution in [1.29, 1.82) is 0 Å². The minimum atomic E-state index is -0.529. The summed E-state index contributed by atoms with van der Waals surface area (Å²) in [4.78, 5) is 4.88. The van der Waals surface area contributed by atoms with Crippen molar-refractivity contribution in [3.63, 3.8) is 0 Å². The summed E-state index contributed by atoms with van der Waals surface area (Å²) in [7, 11) is 0. The Morgan fingerprint density at radius 2 is 0.661 bits per heavy atom. The number of rotatable bonds is 6. The molecule has 0 fully saturated rings. The predicted molar refractivity (Wildman–Crippen MR) is 260 cm³/mol. The Labute approximate surface area is 363 Å². The zero-order chi connectivity index (χ0) is 41.4. The molecule has 0 amide bonds. The smallest absolute Gasteiger partial charge is 0.0719 e. The van der Waals surface area contributed by atoms with E-state index in [1.807, 2.05) is 0 Å². The van der Waals surface area contributed by atoms with E-state index >= 15 is 0 Å². The molecule has 0 saturated carbocycles. The first-order valence-electron chi connectivity index (χ1n) is 21.7. The van der Waals surface area contributed by atoms with Crippen LogP contribution in [0.25, 0.3) is 32.7 Å². The predicted octanol–water partition coefficient (Wildman–Crippen LogP) is 15.9. The van der Waals surface area contributed by atoms with Crippen LogP contribution in [0, 0.1) is 0 Å². The third-order valence-corrected chi connectivity index (χ3v) is 13.7. The molecule has 0 aromatic heterocycles. The summed E-state index contributed by atoms with van der Waals surface area (Å²) in [5.41, 5.74) is 16.6. The Balaban J connectivity index is 1.17. The highest BCUT2D eigenvalue weighted by atomic mass is 15.1. The molecule has 0 radical (unpaired) electrons. The van der Waals surface area contributed by atoms with Crippen LogP contribution in [0.1, 0.15) is 47.2 Å². The number of hydrogen-bond donors (Lipinski definition) is 0. The highest BCUT2D eigenvalue weighted by Crippen LogP contribution is 2.63. The van der Waals surface area contributed by atoms with Crippen molar-refractivity contribution in [2.45, 2.75) is 24.7 Å². The van der Waals surface area contributed by atoms with Crippen molar-refractivity contribution in [1.82, 2.24) is 0 Å². The van der Waals surface area contributed by atoms with E-state index in [0.29, 0.717) is 0 Å². The third kappa shape index (κ3) is 5.23. The second kappa shape index (κ2) is 13.9. The van der Waals surface area contributed by atoms with Crippen molar-refractivity contribution in [2.24, 2.45) is 0 Å². The van der Waals surface area contributed by atoms with Crippen molar-refractivity contribution in [2.75, 3.05) is 9.80 Å². The van der Waals surface area contributed by atoms with E-state index in [1.54, 1.807) is 0 Å². The van der Waals surface area contributed by atoms with E-state index in [-0.39, 0.29) is 5.41 Å². The zero-order valence-corrected chi connectivity index (χ0v) is 34.8. The number of anilines is 6.